The molecule has 2 aromatic carbocycles. The van der Waals surface area contributed by atoms with Gasteiger partial charge in [-0.2, -0.15) is 0 Å². The van der Waals surface area contributed by atoms with Gasteiger partial charge in [0.1, 0.15) is 11.9 Å². The van der Waals surface area contributed by atoms with E-state index in [1.54, 1.807) is 24.3 Å². The van der Waals surface area contributed by atoms with E-state index in [0.29, 0.717) is 0 Å². The van der Waals surface area contributed by atoms with Crippen LogP contribution in [0.25, 0.3) is 0 Å². The normalized spacial score (nSPS) is 14.4. The van der Waals surface area contributed by atoms with Crippen molar-refractivity contribution in [1.82, 2.24) is 9.80 Å². The second-order valence-electron chi connectivity index (χ2n) is 6.10. The highest BCUT2D eigenvalue weighted by atomic mass is 35.5. The first-order valence-electron chi connectivity index (χ1n) is 7.97. The molecule has 5 nitrogen and oxygen atoms in total. The molecule has 7 heteroatoms. The third kappa shape index (κ3) is 2.97. The Hall–Kier alpha value is -2.73. The van der Waals surface area contributed by atoms with Gasteiger partial charge in [0.25, 0.3) is 11.8 Å². The highest BCUT2D eigenvalue weighted by Crippen LogP contribution is 2.26. The van der Waals surface area contributed by atoms with Crippen LogP contribution in [-0.4, -0.2) is 40.6 Å². The lowest BCUT2D eigenvalue weighted by atomic mass is 10.1. The molecule has 0 saturated carbocycles. The fourth-order valence-corrected chi connectivity index (χ4v) is 3.21. The van der Waals surface area contributed by atoms with E-state index >= 15 is 0 Å². The van der Waals surface area contributed by atoms with Gasteiger partial charge in [-0.3, -0.25) is 19.3 Å². The smallest absolute Gasteiger partial charge is 0.262 e. The van der Waals surface area contributed by atoms with E-state index in [4.69, 9.17) is 11.6 Å². The average Bonchev–Trinajstić information content (AvgIpc) is 2.88. The number of carbonyl (C=O) groups excluding carboxylic acids is 3. The van der Waals surface area contributed by atoms with Crippen molar-refractivity contribution in [3.05, 3.63) is 70.0 Å². The van der Waals surface area contributed by atoms with E-state index in [0.717, 1.165) is 4.90 Å². The molecule has 1 heterocycles. The Morgan fingerprint density at radius 1 is 1.12 bits per heavy atom. The average molecular weight is 375 g/mol. The van der Waals surface area contributed by atoms with Crippen molar-refractivity contribution in [2.75, 3.05) is 7.05 Å². The third-order valence-electron chi connectivity index (χ3n) is 4.40. The summed E-state index contributed by atoms with van der Waals surface area (Å²) < 4.78 is 13.9. The van der Waals surface area contributed by atoms with Crippen molar-refractivity contribution >= 4 is 29.3 Å². The van der Waals surface area contributed by atoms with E-state index in [9.17, 15) is 18.8 Å². The van der Waals surface area contributed by atoms with Crippen LogP contribution in [0.1, 0.15) is 33.2 Å². The summed E-state index contributed by atoms with van der Waals surface area (Å²) in [7, 11) is 1.47. The van der Waals surface area contributed by atoms with Crippen molar-refractivity contribution in [2.45, 2.75) is 19.5 Å². The predicted molar refractivity (Wildman–Crippen MR) is 94.3 cm³/mol. The standard InChI is InChI=1S/C19H16ClFN2O3/c1-11(23-18(25)12-6-3-4-7-13(12)19(23)26)17(24)22(2)10-14-15(20)8-5-9-16(14)21/h3-9,11H,10H2,1-2H3. The summed E-state index contributed by atoms with van der Waals surface area (Å²) >= 11 is 6.00. The number of benzene rings is 2. The zero-order valence-corrected chi connectivity index (χ0v) is 15.0. The van der Waals surface area contributed by atoms with Crippen LogP contribution in [-0.2, 0) is 11.3 Å². The van der Waals surface area contributed by atoms with Gasteiger partial charge in [-0.05, 0) is 31.2 Å². The Morgan fingerprint density at radius 2 is 1.69 bits per heavy atom. The maximum atomic E-state index is 13.9. The zero-order chi connectivity index (χ0) is 19.0. The van der Waals surface area contributed by atoms with E-state index in [1.165, 1.54) is 37.1 Å². The van der Waals surface area contributed by atoms with Gasteiger partial charge in [-0.15, -0.1) is 0 Å². The van der Waals surface area contributed by atoms with Crippen molar-refractivity contribution in [1.29, 1.82) is 0 Å². The van der Waals surface area contributed by atoms with Crippen LogP contribution in [0.15, 0.2) is 42.5 Å². The molecule has 0 saturated heterocycles. The molecule has 26 heavy (non-hydrogen) atoms. The number of hydrogen-bond donors (Lipinski definition) is 0. The number of imide groups is 1. The molecule has 1 unspecified atom stereocenters. The Bertz CT molecular complexity index is 860. The first kappa shape index (κ1) is 18.1. The quantitative estimate of drug-likeness (QED) is 0.772. The molecule has 0 aliphatic carbocycles. The highest BCUT2D eigenvalue weighted by molar-refractivity contribution is 6.31. The number of amides is 3. The maximum Gasteiger partial charge on any atom is 0.262 e. The molecule has 0 N–H and O–H groups in total. The number of nitrogens with zero attached hydrogens (tertiary/aromatic N) is 2. The Morgan fingerprint density at radius 3 is 2.23 bits per heavy atom. The molecular weight excluding hydrogens is 359 g/mol. The first-order chi connectivity index (χ1) is 12.3. The molecule has 1 aliphatic heterocycles. The van der Waals surface area contributed by atoms with Gasteiger partial charge in [0.2, 0.25) is 5.91 Å². The number of likely N-dealkylation sites (N-methyl/N-ethyl adjacent to an activating group) is 1. The van der Waals surface area contributed by atoms with E-state index in [2.05, 4.69) is 0 Å². The predicted octanol–water partition coefficient (Wildman–Crippen LogP) is 3.12. The minimum absolute atomic E-state index is 0.0716. The molecule has 1 aliphatic rings. The Kier molecular flexibility index (Phi) is 4.78. The monoisotopic (exact) mass is 374 g/mol. The molecule has 0 radical (unpaired) electrons. The SMILES string of the molecule is CC(C(=O)N(C)Cc1c(F)cccc1Cl)N1C(=O)c2ccccc2C1=O. The number of carbonyl (C=O) groups is 3. The molecule has 0 fully saturated rings. The maximum absolute atomic E-state index is 13.9. The van der Waals surface area contributed by atoms with E-state index in [-0.39, 0.29) is 28.3 Å². The third-order valence-corrected chi connectivity index (χ3v) is 4.76. The van der Waals surface area contributed by atoms with Gasteiger partial charge in [0.15, 0.2) is 0 Å². The molecule has 2 aromatic rings. The van der Waals surface area contributed by atoms with Gasteiger partial charge in [-0.1, -0.05) is 29.8 Å². The van der Waals surface area contributed by atoms with Crippen LogP contribution in [0.4, 0.5) is 4.39 Å². The summed E-state index contributed by atoms with van der Waals surface area (Å²) in [4.78, 5) is 39.9. The fraction of sp³-hybridized carbons (Fsp3) is 0.211. The molecule has 0 bridgehead atoms. The number of hydrogen-bond acceptors (Lipinski definition) is 3. The number of halogens is 2. The van der Waals surface area contributed by atoms with Gasteiger partial charge in [0, 0.05) is 24.2 Å². The van der Waals surface area contributed by atoms with Crippen LogP contribution in [0.2, 0.25) is 5.02 Å². The van der Waals surface area contributed by atoms with E-state index < -0.39 is 29.6 Å². The van der Waals surface area contributed by atoms with Gasteiger partial charge in [0.05, 0.1) is 11.1 Å². The summed E-state index contributed by atoms with van der Waals surface area (Å²) in [6, 6.07) is 9.67. The topological polar surface area (TPSA) is 57.7 Å². The Balaban J connectivity index is 1.80. The summed E-state index contributed by atoms with van der Waals surface area (Å²) in [6.45, 7) is 1.40. The molecule has 134 valence electrons. The molecule has 3 rings (SSSR count). The lowest BCUT2D eigenvalue weighted by Crippen LogP contribution is -2.48. The number of fused-ring (bicyclic) bond motifs is 1. The lowest BCUT2D eigenvalue weighted by molar-refractivity contribution is -0.134. The van der Waals surface area contributed by atoms with Crippen LogP contribution in [0, 0.1) is 5.82 Å². The van der Waals surface area contributed by atoms with Gasteiger partial charge >= 0.3 is 0 Å². The molecule has 0 aromatic heterocycles. The van der Waals surface area contributed by atoms with Gasteiger partial charge in [-0.25, -0.2) is 4.39 Å². The second kappa shape index (κ2) is 6.88. The van der Waals surface area contributed by atoms with Crippen LogP contribution >= 0.6 is 11.6 Å². The summed E-state index contributed by atoms with van der Waals surface area (Å²) in [5, 5.41) is 0.207. The molecule has 1 atom stereocenters. The van der Waals surface area contributed by atoms with E-state index in [1.807, 2.05) is 0 Å². The summed E-state index contributed by atoms with van der Waals surface area (Å²) in [5.74, 6) is -2.03. The highest BCUT2D eigenvalue weighted by Gasteiger charge is 2.41. The largest absolute Gasteiger partial charge is 0.339 e. The fourth-order valence-electron chi connectivity index (χ4n) is 2.99. The Labute approximate surface area is 155 Å². The first-order valence-corrected chi connectivity index (χ1v) is 8.35. The molecular formula is C19H16ClFN2O3. The molecule has 3 amide bonds. The summed E-state index contributed by atoms with van der Waals surface area (Å²) in [5.41, 5.74) is 0.730. The lowest BCUT2D eigenvalue weighted by Gasteiger charge is -2.27. The van der Waals surface area contributed by atoms with Crippen LogP contribution < -0.4 is 0 Å². The summed E-state index contributed by atoms with van der Waals surface area (Å²) in [6.07, 6.45) is 0. The van der Waals surface area contributed by atoms with Gasteiger partial charge < -0.3 is 4.90 Å². The minimum atomic E-state index is -1.02. The van der Waals surface area contributed by atoms with Crippen molar-refractivity contribution in [3.63, 3.8) is 0 Å². The van der Waals surface area contributed by atoms with Crippen molar-refractivity contribution in [3.8, 4) is 0 Å². The minimum Gasteiger partial charge on any atom is -0.339 e. The van der Waals surface area contributed by atoms with Crippen molar-refractivity contribution < 1.29 is 18.8 Å². The van der Waals surface area contributed by atoms with Crippen LogP contribution in [0.5, 0.6) is 0 Å². The van der Waals surface area contributed by atoms with Crippen LogP contribution in [0.3, 0.4) is 0 Å². The molecule has 0 spiro atoms. The zero-order valence-electron chi connectivity index (χ0n) is 14.2. The van der Waals surface area contributed by atoms with Crippen molar-refractivity contribution in [2.24, 2.45) is 0 Å². The number of rotatable bonds is 4. The second-order valence-corrected chi connectivity index (χ2v) is 6.50.